The van der Waals surface area contributed by atoms with Crippen LogP contribution in [0.2, 0.25) is 0 Å². The molecule has 1 aliphatic rings. The van der Waals surface area contributed by atoms with Crippen molar-refractivity contribution in [3.8, 4) is 0 Å². The van der Waals surface area contributed by atoms with E-state index in [1.165, 1.54) is 12.5 Å². The highest BCUT2D eigenvalue weighted by Gasteiger charge is 2.15. The maximum atomic E-state index is 13.2. The Morgan fingerprint density at radius 3 is 2.16 bits per heavy atom. The van der Waals surface area contributed by atoms with Crippen molar-refractivity contribution in [2.45, 2.75) is 38.1 Å². The lowest BCUT2D eigenvalue weighted by Gasteiger charge is -2.22. The van der Waals surface area contributed by atoms with E-state index in [4.69, 9.17) is 0 Å². The predicted molar refractivity (Wildman–Crippen MR) is 95.1 cm³/mol. The Morgan fingerprint density at radius 2 is 1.48 bits per heavy atom. The second kappa shape index (κ2) is 7.96. The van der Waals surface area contributed by atoms with E-state index in [1.807, 2.05) is 0 Å². The fourth-order valence-electron chi connectivity index (χ4n) is 2.98. The molecule has 1 aliphatic carbocycles. The summed E-state index contributed by atoms with van der Waals surface area (Å²) in [5, 5.41) is 8.78. The normalized spacial score (nSPS) is 14.8. The molecule has 4 nitrogen and oxygen atoms in total. The third-order valence-electron chi connectivity index (χ3n) is 4.29. The first-order chi connectivity index (χ1) is 12.1. The van der Waals surface area contributed by atoms with Crippen LogP contribution in [0, 0.1) is 11.6 Å². The minimum absolute atomic E-state index is 0.201. The van der Waals surface area contributed by atoms with E-state index in [0.717, 1.165) is 37.8 Å². The number of halogens is 2. The third-order valence-corrected chi connectivity index (χ3v) is 4.29. The number of hydrogen-bond acceptors (Lipinski definition) is 2. The van der Waals surface area contributed by atoms with Crippen LogP contribution in [0.15, 0.2) is 42.5 Å². The van der Waals surface area contributed by atoms with Crippen LogP contribution in [0.3, 0.4) is 0 Å². The van der Waals surface area contributed by atoms with Crippen molar-refractivity contribution < 1.29 is 13.6 Å². The van der Waals surface area contributed by atoms with Crippen LogP contribution in [0.4, 0.5) is 30.6 Å². The molecule has 0 bridgehead atoms. The van der Waals surface area contributed by atoms with Crippen LogP contribution in [-0.2, 0) is 0 Å². The third kappa shape index (κ3) is 4.92. The van der Waals surface area contributed by atoms with Crippen LogP contribution in [0.25, 0.3) is 0 Å². The highest BCUT2D eigenvalue weighted by Crippen LogP contribution is 2.21. The largest absolute Gasteiger partial charge is 0.355 e. The Morgan fingerprint density at radius 1 is 0.840 bits per heavy atom. The number of anilines is 3. The molecule has 25 heavy (non-hydrogen) atoms. The molecule has 2 amide bonds. The number of carbonyl (C=O) groups is 1. The lowest BCUT2D eigenvalue weighted by atomic mass is 9.96. The van der Waals surface area contributed by atoms with Crippen molar-refractivity contribution in [2.75, 3.05) is 10.6 Å². The summed E-state index contributed by atoms with van der Waals surface area (Å²) in [6, 6.07) is 10.7. The first-order valence-electron chi connectivity index (χ1n) is 8.50. The fourth-order valence-corrected chi connectivity index (χ4v) is 2.98. The first kappa shape index (κ1) is 17.2. The zero-order valence-electron chi connectivity index (χ0n) is 13.8. The molecule has 0 atom stereocenters. The number of urea groups is 1. The molecule has 1 saturated carbocycles. The summed E-state index contributed by atoms with van der Waals surface area (Å²) >= 11 is 0. The summed E-state index contributed by atoms with van der Waals surface area (Å²) in [7, 11) is 0. The van der Waals surface area contributed by atoms with E-state index >= 15 is 0 Å². The summed E-state index contributed by atoms with van der Waals surface area (Å²) in [6.07, 6.45) is 5.63. The first-order valence-corrected chi connectivity index (χ1v) is 8.50. The van der Waals surface area contributed by atoms with Crippen LogP contribution in [0.1, 0.15) is 32.1 Å². The zero-order chi connectivity index (χ0) is 17.6. The fraction of sp³-hybridized carbons (Fsp3) is 0.316. The molecule has 132 valence electrons. The molecule has 0 saturated heterocycles. The van der Waals surface area contributed by atoms with E-state index in [0.29, 0.717) is 17.1 Å². The SMILES string of the molecule is O=C(Nc1ccc(Nc2ccc(F)c(F)c2)cc1)NC1CCCCC1. The molecule has 2 aromatic rings. The Bertz CT molecular complexity index is 728. The monoisotopic (exact) mass is 345 g/mol. The van der Waals surface area contributed by atoms with E-state index in [2.05, 4.69) is 16.0 Å². The lowest BCUT2D eigenvalue weighted by molar-refractivity contribution is 0.244. The molecular weight excluding hydrogens is 324 g/mol. The van der Waals surface area contributed by atoms with Gasteiger partial charge in [-0.25, -0.2) is 13.6 Å². The molecule has 6 heteroatoms. The summed E-state index contributed by atoms with van der Waals surface area (Å²) in [6.45, 7) is 0. The van der Waals surface area contributed by atoms with E-state index in [9.17, 15) is 13.6 Å². The minimum Gasteiger partial charge on any atom is -0.355 e. The van der Waals surface area contributed by atoms with Gasteiger partial charge in [0, 0.05) is 29.2 Å². The van der Waals surface area contributed by atoms with Crippen LogP contribution < -0.4 is 16.0 Å². The van der Waals surface area contributed by atoms with Gasteiger partial charge in [0.05, 0.1) is 0 Å². The van der Waals surface area contributed by atoms with Gasteiger partial charge in [-0.2, -0.15) is 0 Å². The van der Waals surface area contributed by atoms with Crippen molar-refractivity contribution in [3.05, 3.63) is 54.1 Å². The average molecular weight is 345 g/mol. The van der Waals surface area contributed by atoms with Crippen LogP contribution >= 0.6 is 0 Å². The Kier molecular flexibility index (Phi) is 5.48. The maximum Gasteiger partial charge on any atom is 0.319 e. The molecule has 0 radical (unpaired) electrons. The van der Waals surface area contributed by atoms with Gasteiger partial charge in [-0.1, -0.05) is 19.3 Å². The second-order valence-corrected chi connectivity index (χ2v) is 6.26. The van der Waals surface area contributed by atoms with Gasteiger partial charge in [-0.05, 0) is 49.2 Å². The number of hydrogen-bond donors (Lipinski definition) is 3. The smallest absolute Gasteiger partial charge is 0.319 e. The Hall–Kier alpha value is -2.63. The Balaban J connectivity index is 1.54. The molecule has 0 aliphatic heterocycles. The zero-order valence-corrected chi connectivity index (χ0v) is 13.8. The van der Waals surface area contributed by atoms with Gasteiger partial charge in [-0.3, -0.25) is 0 Å². The van der Waals surface area contributed by atoms with Gasteiger partial charge in [0.2, 0.25) is 0 Å². The van der Waals surface area contributed by atoms with E-state index in [1.54, 1.807) is 24.3 Å². The van der Waals surface area contributed by atoms with Crippen molar-refractivity contribution in [2.24, 2.45) is 0 Å². The molecule has 0 spiro atoms. The molecule has 0 aromatic heterocycles. The van der Waals surface area contributed by atoms with E-state index in [-0.39, 0.29) is 12.1 Å². The number of rotatable bonds is 4. The van der Waals surface area contributed by atoms with Crippen molar-refractivity contribution >= 4 is 23.1 Å². The highest BCUT2D eigenvalue weighted by atomic mass is 19.2. The summed E-state index contributed by atoms with van der Waals surface area (Å²) < 4.78 is 26.1. The summed E-state index contributed by atoms with van der Waals surface area (Å²) in [4.78, 5) is 12.0. The molecule has 0 unspecified atom stereocenters. The number of carbonyl (C=O) groups excluding carboxylic acids is 1. The topological polar surface area (TPSA) is 53.2 Å². The van der Waals surface area contributed by atoms with Crippen LogP contribution in [-0.4, -0.2) is 12.1 Å². The average Bonchev–Trinajstić information content (AvgIpc) is 2.61. The highest BCUT2D eigenvalue weighted by molar-refractivity contribution is 5.89. The summed E-state index contributed by atoms with van der Waals surface area (Å²) in [5.74, 6) is -1.78. The van der Waals surface area contributed by atoms with Gasteiger partial charge in [0.1, 0.15) is 0 Å². The number of nitrogens with one attached hydrogen (secondary N) is 3. The standard InChI is InChI=1S/C19H21F2N3O/c20-17-11-10-16(12-18(17)21)22-14-6-8-15(9-7-14)24-19(25)23-13-4-2-1-3-5-13/h6-13,22H,1-5H2,(H2,23,24,25). The predicted octanol–water partition coefficient (Wildman–Crippen LogP) is 5.16. The van der Waals surface area contributed by atoms with Gasteiger partial charge in [0.25, 0.3) is 0 Å². The quantitative estimate of drug-likeness (QED) is 0.717. The number of amides is 2. The van der Waals surface area contributed by atoms with Gasteiger partial charge < -0.3 is 16.0 Å². The van der Waals surface area contributed by atoms with E-state index < -0.39 is 11.6 Å². The number of benzene rings is 2. The van der Waals surface area contributed by atoms with Gasteiger partial charge >= 0.3 is 6.03 Å². The van der Waals surface area contributed by atoms with Gasteiger partial charge in [-0.15, -0.1) is 0 Å². The Labute approximate surface area is 145 Å². The summed E-state index contributed by atoms with van der Waals surface area (Å²) in [5.41, 5.74) is 1.84. The van der Waals surface area contributed by atoms with Crippen molar-refractivity contribution in [3.63, 3.8) is 0 Å². The molecule has 2 aromatic carbocycles. The van der Waals surface area contributed by atoms with Crippen molar-refractivity contribution in [1.82, 2.24) is 5.32 Å². The molecule has 1 fully saturated rings. The molecule has 3 rings (SSSR count). The van der Waals surface area contributed by atoms with Crippen LogP contribution in [0.5, 0.6) is 0 Å². The van der Waals surface area contributed by atoms with Gasteiger partial charge in [0.15, 0.2) is 11.6 Å². The second-order valence-electron chi connectivity index (χ2n) is 6.26. The van der Waals surface area contributed by atoms with Crippen molar-refractivity contribution in [1.29, 1.82) is 0 Å². The lowest BCUT2D eigenvalue weighted by Crippen LogP contribution is -2.38. The molecule has 3 N–H and O–H groups in total. The molecular formula is C19H21F2N3O. The maximum absolute atomic E-state index is 13.2. The minimum atomic E-state index is -0.900. The molecule has 0 heterocycles.